The molecule has 5 heteroatoms. The molecule has 0 aliphatic heterocycles. The molecule has 0 saturated carbocycles. The van der Waals surface area contributed by atoms with E-state index in [4.69, 9.17) is 0 Å². The molecule has 0 radical (unpaired) electrons. The van der Waals surface area contributed by atoms with Crippen molar-refractivity contribution in [2.24, 2.45) is 0 Å². The molecule has 18 heavy (non-hydrogen) atoms. The normalized spacial score (nSPS) is 12.6. The van der Waals surface area contributed by atoms with Gasteiger partial charge in [0, 0.05) is 23.8 Å². The van der Waals surface area contributed by atoms with Crippen molar-refractivity contribution in [3.63, 3.8) is 0 Å². The van der Waals surface area contributed by atoms with Gasteiger partial charge < -0.3 is 15.5 Å². The van der Waals surface area contributed by atoms with Gasteiger partial charge in [-0.3, -0.25) is 5.10 Å². The van der Waals surface area contributed by atoms with Crippen molar-refractivity contribution < 1.29 is 10.2 Å². The molecule has 0 spiro atoms. The highest BCUT2D eigenvalue weighted by molar-refractivity contribution is 5.44. The zero-order chi connectivity index (χ0) is 13.1. The summed E-state index contributed by atoms with van der Waals surface area (Å²) in [6, 6.07) is 4.59. The highest BCUT2D eigenvalue weighted by Gasteiger charge is 2.14. The minimum absolute atomic E-state index is 0.0962. The summed E-state index contributed by atoms with van der Waals surface area (Å²) in [5.74, 6) is 0.192. The van der Waals surface area contributed by atoms with Crippen LogP contribution >= 0.6 is 0 Å². The van der Waals surface area contributed by atoms with Crippen LogP contribution in [0.2, 0.25) is 0 Å². The lowest BCUT2D eigenvalue weighted by molar-refractivity contribution is 0.418. The van der Waals surface area contributed by atoms with E-state index in [1.54, 1.807) is 24.4 Å². The minimum Gasteiger partial charge on any atom is -0.507 e. The van der Waals surface area contributed by atoms with Gasteiger partial charge in [0.1, 0.15) is 11.5 Å². The number of aromatic nitrogens is 2. The van der Waals surface area contributed by atoms with E-state index in [9.17, 15) is 10.2 Å². The van der Waals surface area contributed by atoms with Gasteiger partial charge in [-0.25, -0.2) is 0 Å². The Labute approximate surface area is 105 Å². The fourth-order valence-electron chi connectivity index (χ4n) is 1.90. The number of H-pyrrole nitrogens is 1. The Morgan fingerprint density at radius 2 is 2.00 bits per heavy atom. The largest absolute Gasteiger partial charge is 0.507 e. The van der Waals surface area contributed by atoms with Crippen molar-refractivity contribution in [1.29, 1.82) is 0 Å². The molecule has 0 aliphatic carbocycles. The minimum atomic E-state index is -0.152. The number of nitrogens with one attached hydrogen (secondary N) is 2. The SMILES string of the molecule is Cc1[nH]ncc1CNC(C)c1c(O)cccc1O. The summed E-state index contributed by atoms with van der Waals surface area (Å²) in [6.45, 7) is 4.47. The maximum atomic E-state index is 9.76. The highest BCUT2D eigenvalue weighted by Crippen LogP contribution is 2.32. The fourth-order valence-corrected chi connectivity index (χ4v) is 1.90. The maximum absolute atomic E-state index is 9.76. The topological polar surface area (TPSA) is 81.2 Å². The molecule has 2 rings (SSSR count). The Kier molecular flexibility index (Phi) is 3.53. The van der Waals surface area contributed by atoms with Gasteiger partial charge >= 0.3 is 0 Å². The number of aromatic amines is 1. The predicted octanol–water partition coefficient (Wildman–Crippen LogP) is 1.98. The summed E-state index contributed by atoms with van der Waals surface area (Å²) in [5.41, 5.74) is 2.59. The lowest BCUT2D eigenvalue weighted by atomic mass is 10.1. The molecule has 1 atom stereocenters. The summed E-state index contributed by atoms with van der Waals surface area (Å²) < 4.78 is 0. The third-order valence-corrected chi connectivity index (χ3v) is 3.03. The Morgan fingerprint density at radius 3 is 2.56 bits per heavy atom. The van der Waals surface area contributed by atoms with Crippen LogP contribution in [0.1, 0.15) is 29.8 Å². The summed E-state index contributed by atoms with van der Waals surface area (Å²) in [6.07, 6.45) is 1.76. The monoisotopic (exact) mass is 247 g/mol. The second-order valence-electron chi connectivity index (χ2n) is 4.33. The number of hydrogen-bond acceptors (Lipinski definition) is 4. The summed E-state index contributed by atoms with van der Waals surface area (Å²) >= 11 is 0. The summed E-state index contributed by atoms with van der Waals surface area (Å²) in [4.78, 5) is 0. The van der Waals surface area contributed by atoms with Crippen LogP contribution in [0.15, 0.2) is 24.4 Å². The molecule has 0 bridgehead atoms. The lowest BCUT2D eigenvalue weighted by Crippen LogP contribution is -2.18. The highest BCUT2D eigenvalue weighted by atomic mass is 16.3. The van der Waals surface area contributed by atoms with Crippen molar-refractivity contribution in [3.8, 4) is 11.5 Å². The average Bonchev–Trinajstić information content (AvgIpc) is 2.72. The van der Waals surface area contributed by atoms with E-state index in [-0.39, 0.29) is 17.5 Å². The fraction of sp³-hybridized carbons (Fsp3) is 0.308. The van der Waals surface area contributed by atoms with E-state index >= 15 is 0 Å². The van der Waals surface area contributed by atoms with Crippen molar-refractivity contribution >= 4 is 0 Å². The molecule has 0 aliphatic rings. The predicted molar refractivity (Wildman–Crippen MR) is 68.4 cm³/mol. The Bertz CT molecular complexity index is 517. The van der Waals surface area contributed by atoms with Crippen molar-refractivity contribution in [1.82, 2.24) is 15.5 Å². The molecular weight excluding hydrogens is 230 g/mol. The van der Waals surface area contributed by atoms with Gasteiger partial charge in [0.25, 0.3) is 0 Å². The first-order valence-electron chi connectivity index (χ1n) is 5.82. The third kappa shape index (κ3) is 2.46. The number of rotatable bonds is 4. The van der Waals surface area contributed by atoms with Crippen molar-refractivity contribution in [2.45, 2.75) is 26.4 Å². The van der Waals surface area contributed by atoms with Gasteiger partial charge in [0.15, 0.2) is 0 Å². The molecule has 0 saturated heterocycles. The number of phenols is 2. The quantitative estimate of drug-likeness (QED) is 0.666. The van der Waals surface area contributed by atoms with Gasteiger partial charge in [0.05, 0.1) is 11.8 Å². The first-order valence-corrected chi connectivity index (χ1v) is 5.82. The molecule has 0 fully saturated rings. The molecule has 5 nitrogen and oxygen atoms in total. The molecule has 1 unspecified atom stereocenters. The van der Waals surface area contributed by atoms with E-state index in [1.165, 1.54) is 0 Å². The van der Waals surface area contributed by atoms with Gasteiger partial charge in [0.2, 0.25) is 0 Å². The van der Waals surface area contributed by atoms with E-state index < -0.39 is 0 Å². The zero-order valence-corrected chi connectivity index (χ0v) is 10.4. The molecule has 2 aromatic rings. The average molecular weight is 247 g/mol. The third-order valence-electron chi connectivity index (χ3n) is 3.03. The van der Waals surface area contributed by atoms with Gasteiger partial charge in [-0.1, -0.05) is 6.07 Å². The van der Waals surface area contributed by atoms with Crippen LogP contribution in [-0.4, -0.2) is 20.4 Å². The molecule has 0 amide bonds. The summed E-state index contributed by atoms with van der Waals surface area (Å²) in [7, 11) is 0. The molecule has 1 heterocycles. The van der Waals surface area contributed by atoms with Crippen LogP contribution in [0.25, 0.3) is 0 Å². The standard InChI is InChI=1S/C13H17N3O2/c1-8-10(7-15-16-8)6-14-9(2)13-11(17)4-3-5-12(13)18/h3-5,7,9,14,17-18H,6H2,1-2H3,(H,15,16). The van der Waals surface area contributed by atoms with E-state index in [1.807, 2.05) is 13.8 Å². The molecule has 1 aromatic carbocycles. The second kappa shape index (κ2) is 5.10. The van der Waals surface area contributed by atoms with E-state index in [0.29, 0.717) is 12.1 Å². The first-order chi connectivity index (χ1) is 8.59. The number of nitrogens with zero attached hydrogens (tertiary/aromatic N) is 1. The van der Waals surface area contributed by atoms with E-state index in [0.717, 1.165) is 11.3 Å². The lowest BCUT2D eigenvalue weighted by Gasteiger charge is -2.16. The van der Waals surface area contributed by atoms with Crippen LogP contribution in [0.3, 0.4) is 0 Å². The van der Waals surface area contributed by atoms with Crippen LogP contribution in [0.4, 0.5) is 0 Å². The van der Waals surface area contributed by atoms with Crippen LogP contribution in [0, 0.1) is 6.92 Å². The second-order valence-corrected chi connectivity index (χ2v) is 4.33. The first kappa shape index (κ1) is 12.4. The van der Waals surface area contributed by atoms with Gasteiger partial charge in [-0.05, 0) is 26.0 Å². The smallest absolute Gasteiger partial charge is 0.124 e. The van der Waals surface area contributed by atoms with Gasteiger partial charge in [-0.2, -0.15) is 5.10 Å². The van der Waals surface area contributed by atoms with Gasteiger partial charge in [-0.15, -0.1) is 0 Å². The van der Waals surface area contributed by atoms with Crippen LogP contribution < -0.4 is 5.32 Å². The molecule has 96 valence electrons. The molecule has 4 N–H and O–H groups in total. The number of benzene rings is 1. The number of aromatic hydroxyl groups is 2. The van der Waals surface area contributed by atoms with E-state index in [2.05, 4.69) is 15.5 Å². The number of phenolic OH excluding ortho intramolecular Hbond substituents is 2. The molecule has 1 aromatic heterocycles. The molecular formula is C13H17N3O2. The Hall–Kier alpha value is -2.01. The summed E-state index contributed by atoms with van der Waals surface area (Å²) in [5, 5.41) is 29.6. The number of hydrogen-bond donors (Lipinski definition) is 4. The van der Waals surface area contributed by atoms with Crippen LogP contribution in [0.5, 0.6) is 11.5 Å². The number of aryl methyl sites for hydroxylation is 1. The van der Waals surface area contributed by atoms with Crippen molar-refractivity contribution in [3.05, 3.63) is 41.2 Å². The zero-order valence-electron chi connectivity index (χ0n) is 10.4. The Morgan fingerprint density at radius 1 is 1.33 bits per heavy atom. The van der Waals surface area contributed by atoms with Crippen LogP contribution in [-0.2, 0) is 6.54 Å². The Balaban J connectivity index is 2.08. The van der Waals surface area contributed by atoms with Crippen molar-refractivity contribution in [2.75, 3.05) is 0 Å². The maximum Gasteiger partial charge on any atom is 0.124 e.